The maximum atomic E-state index is 11.7. The summed E-state index contributed by atoms with van der Waals surface area (Å²) in [5.74, 6) is 0. The monoisotopic (exact) mass is 295 g/mol. The van der Waals surface area contributed by atoms with Gasteiger partial charge in [-0.25, -0.2) is 18.1 Å². The highest BCUT2D eigenvalue weighted by molar-refractivity contribution is 7.99. The molecule has 0 fully saturated rings. The Kier molecular flexibility index (Phi) is 4.08. The SMILES string of the molecule is CNS(=O)(=O)c1ccc(N)c(Sc2ccccn2)c1. The molecule has 0 saturated carbocycles. The smallest absolute Gasteiger partial charge is 0.240 e. The summed E-state index contributed by atoms with van der Waals surface area (Å²) in [7, 11) is -2.10. The molecule has 2 aromatic rings. The first kappa shape index (κ1) is 13.9. The third-order valence-electron chi connectivity index (χ3n) is 2.42. The second-order valence-electron chi connectivity index (χ2n) is 3.68. The number of sulfonamides is 1. The summed E-state index contributed by atoms with van der Waals surface area (Å²) in [6.45, 7) is 0. The van der Waals surface area contributed by atoms with Gasteiger partial charge in [0.2, 0.25) is 10.0 Å². The number of nitrogens with zero attached hydrogens (tertiary/aromatic N) is 1. The third kappa shape index (κ3) is 3.25. The van der Waals surface area contributed by atoms with Gasteiger partial charge in [-0.2, -0.15) is 0 Å². The average Bonchev–Trinajstić information content (AvgIpc) is 2.42. The van der Waals surface area contributed by atoms with Crippen molar-refractivity contribution in [1.82, 2.24) is 9.71 Å². The van der Waals surface area contributed by atoms with E-state index in [0.29, 0.717) is 10.6 Å². The normalized spacial score (nSPS) is 11.4. The molecule has 0 saturated heterocycles. The Labute approximate surface area is 116 Å². The van der Waals surface area contributed by atoms with E-state index in [1.807, 2.05) is 18.2 Å². The molecule has 0 spiro atoms. The molecule has 0 aliphatic carbocycles. The Bertz CT molecular complexity index is 673. The molecule has 7 heteroatoms. The molecule has 1 heterocycles. The van der Waals surface area contributed by atoms with Gasteiger partial charge in [-0.3, -0.25) is 0 Å². The van der Waals surface area contributed by atoms with E-state index in [4.69, 9.17) is 5.73 Å². The Morgan fingerprint density at radius 2 is 2.05 bits per heavy atom. The molecule has 100 valence electrons. The molecule has 0 aliphatic heterocycles. The zero-order chi connectivity index (χ0) is 13.9. The van der Waals surface area contributed by atoms with Crippen molar-refractivity contribution in [2.75, 3.05) is 12.8 Å². The molecular formula is C12H13N3O2S2. The molecule has 1 aromatic carbocycles. The fourth-order valence-electron chi connectivity index (χ4n) is 1.41. The van der Waals surface area contributed by atoms with Crippen molar-refractivity contribution < 1.29 is 8.42 Å². The Morgan fingerprint density at radius 1 is 1.26 bits per heavy atom. The fourth-order valence-corrected chi connectivity index (χ4v) is 3.10. The number of anilines is 1. The molecular weight excluding hydrogens is 282 g/mol. The van der Waals surface area contributed by atoms with E-state index in [-0.39, 0.29) is 4.90 Å². The van der Waals surface area contributed by atoms with E-state index in [1.54, 1.807) is 18.3 Å². The minimum atomic E-state index is -3.47. The molecule has 3 N–H and O–H groups in total. The lowest BCUT2D eigenvalue weighted by atomic mass is 10.3. The summed E-state index contributed by atoms with van der Waals surface area (Å²) in [5, 5.41) is 0.758. The van der Waals surface area contributed by atoms with Gasteiger partial charge in [-0.15, -0.1) is 0 Å². The van der Waals surface area contributed by atoms with E-state index >= 15 is 0 Å². The summed E-state index contributed by atoms with van der Waals surface area (Å²) in [6, 6.07) is 10.1. The minimum Gasteiger partial charge on any atom is -0.398 e. The van der Waals surface area contributed by atoms with Crippen LogP contribution in [0.4, 0.5) is 5.69 Å². The molecule has 0 aliphatic rings. The Hall–Kier alpha value is -1.57. The third-order valence-corrected chi connectivity index (χ3v) is 4.85. The lowest BCUT2D eigenvalue weighted by Gasteiger charge is -2.08. The van der Waals surface area contributed by atoms with Crippen LogP contribution in [0.5, 0.6) is 0 Å². The van der Waals surface area contributed by atoms with Gasteiger partial charge in [0, 0.05) is 16.8 Å². The summed E-state index contributed by atoms with van der Waals surface area (Å²) >= 11 is 1.33. The standard InChI is InChI=1S/C12H13N3O2S2/c1-14-19(16,17)9-5-6-10(13)11(8-9)18-12-4-2-3-7-15-12/h2-8,14H,13H2,1H3. The number of rotatable bonds is 4. The second kappa shape index (κ2) is 5.60. The van der Waals surface area contributed by atoms with E-state index in [0.717, 1.165) is 5.03 Å². The first-order valence-corrected chi connectivity index (χ1v) is 7.75. The zero-order valence-corrected chi connectivity index (χ0v) is 11.8. The van der Waals surface area contributed by atoms with Crippen LogP contribution in [-0.2, 0) is 10.0 Å². The first-order valence-electron chi connectivity index (χ1n) is 5.45. The van der Waals surface area contributed by atoms with Crippen LogP contribution in [0.3, 0.4) is 0 Å². The van der Waals surface area contributed by atoms with E-state index in [2.05, 4.69) is 9.71 Å². The van der Waals surface area contributed by atoms with Gasteiger partial charge >= 0.3 is 0 Å². The van der Waals surface area contributed by atoms with Crippen LogP contribution >= 0.6 is 11.8 Å². The number of nitrogens with one attached hydrogen (secondary N) is 1. The summed E-state index contributed by atoms with van der Waals surface area (Å²) in [4.78, 5) is 5.01. The van der Waals surface area contributed by atoms with Crippen LogP contribution in [0.1, 0.15) is 0 Å². The summed E-state index contributed by atoms with van der Waals surface area (Å²) < 4.78 is 25.8. The number of aromatic nitrogens is 1. The van der Waals surface area contributed by atoms with Gasteiger partial charge in [-0.05, 0) is 37.4 Å². The van der Waals surface area contributed by atoms with Crippen molar-refractivity contribution in [3.05, 3.63) is 42.6 Å². The van der Waals surface area contributed by atoms with Crippen molar-refractivity contribution in [1.29, 1.82) is 0 Å². The largest absolute Gasteiger partial charge is 0.398 e. The Morgan fingerprint density at radius 3 is 2.68 bits per heavy atom. The second-order valence-corrected chi connectivity index (χ2v) is 6.63. The lowest BCUT2D eigenvalue weighted by molar-refractivity contribution is 0.588. The lowest BCUT2D eigenvalue weighted by Crippen LogP contribution is -2.18. The van der Waals surface area contributed by atoms with Crippen LogP contribution in [-0.4, -0.2) is 20.4 Å². The van der Waals surface area contributed by atoms with Crippen molar-refractivity contribution in [2.45, 2.75) is 14.8 Å². The molecule has 19 heavy (non-hydrogen) atoms. The maximum absolute atomic E-state index is 11.7. The van der Waals surface area contributed by atoms with Crippen LogP contribution in [0.25, 0.3) is 0 Å². The molecule has 5 nitrogen and oxygen atoms in total. The van der Waals surface area contributed by atoms with Gasteiger partial charge < -0.3 is 5.73 Å². The Balaban J connectivity index is 2.38. The number of hydrogen-bond donors (Lipinski definition) is 2. The summed E-state index contributed by atoms with van der Waals surface area (Å²) in [6.07, 6.45) is 1.67. The summed E-state index contributed by atoms with van der Waals surface area (Å²) in [5.41, 5.74) is 6.38. The van der Waals surface area contributed by atoms with Gasteiger partial charge in [0.1, 0.15) is 5.03 Å². The van der Waals surface area contributed by atoms with Gasteiger partial charge in [0.05, 0.1) is 4.90 Å². The number of hydrogen-bond acceptors (Lipinski definition) is 5. The highest BCUT2D eigenvalue weighted by Gasteiger charge is 2.13. The highest BCUT2D eigenvalue weighted by Crippen LogP contribution is 2.32. The van der Waals surface area contributed by atoms with Crippen molar-refractivity contribution >= 4 is 27.5 Å². The van der Waals surface area contributed by atoms with Crippen molar-refractivity contribution in [3.8, 4) is 0 Å². The van der Waals surface area contributed by atoms with E-state index in [1.165, 1.54) is 24.9 Å². The van der Waals surface area contributed by atoms with Crippen LogP contribution < -0.4 is 10.5 Å². The van der Waals surface area contributed by atoms with Crippen molar-refractivity contribution in [2.24, 2.45) is 0 Å². The average molecular weight is 295 g/mol. The van der Waals surface area contributed by atoms with Gasteiger partial charge in [0.15, 0.2) is 0 Å². The predicted molar refractivity (Wildman–Crippen MR) is 75.5 cm³/mol. The van der Waals surface area contributed by atoms with Crippen LogP contribution in [0.15, 0.2) is 57.4 Å². The molecule has 1 aromatic heterocycles. The van der Waals surface area contributed by atoms with Gasteiger partial charge in [-0.1, -0.05) is 17.8 Å². The molecule has 0 bridgehead atoms. The quantitative estimate of drug-likeness (QED) is 0.839. The number of benzene rings is 1. The predicted octanol–water partition coefficient (Wildman–Crippen LogP) is 1.72. The van der Waals surface area contributed by atoms with Crippen molar-refractivity contribution in [3.63, 3.8) is 0 Å². The zero-order valence-electron chi connectivity index (χ0n) is 10.2. The maximum Gasteiger partial charge on any atom is 0.240 e. The highest BCUT2D eigenvalue weighted by atomic mass is 32.2. The number of pyridine rings is 1. The fraction of sp³-hybridized carbons (Fsp3) is 0.0833. The molecule has 0 amide bonds. The number of nitrogen functional groups attached to an aromatic ring is 1. The molecule has 0 unspecified atom stereocenters. The van der Waals surface area contributed by atoms with Crippen LogP contribution in [0.2, 0.25) is 0 Å². The number of nitrogens with two attached hydrogens (primary N) is 1. The first-order chi connectivity index (χ1) is 9.03. The van der Waals surface area contributed by atoms with Gasteiger partial charge in [0.25, 0.3) is 0 Å². The molecule has 2 rings (SSSR count). The molecule has 0 radical (unpaired) electrons. The van der Waals surface area contributed by atoms with Crippen LogP contribution in [0, 0.1) is 0 Å². The molecule has 0 atom stereocenters. The minimum absolute atomic E-state index is 0.183. The van der Waals surface area contributed by atoms with E-state index in [9.17, 15) is 8.42 Å². The topological polar surface area (TPSA) is 85.1 Å². The van der Waals surface area contributed by atoms with E-state index < -0.39 is 10.0 Å².